The summed E-state index contributed by atoms with van der Waals surface area (Å²) in [4.78, 5) is 36.4. The maximum atomic E-state index is 11.9. The summed E-state index contributed by atoms with van der Waals surface area (Å²) in [5, 5.41) is 11.6. The Bertz CT molecular complexity index is 397. The van der Waals surface area contributed by atoms with E-state index in [1.54, 1.807) is 4.90 Å². The molecule has 0 spiro atoms. The molecule has 7 nitrogen and oxygen atoms in total. The molecule has 1 aliphatic heterocycles. The van der Waals surface area contributed by atoms with Crippen molar-refractivity contribution < 1.29 is 24.2 Å². The molecule has 0 saturated carbocycles. The quantitative estimate of drug-likeness (QED) is 0.659. The third-order valence-corrected chi connectivity index (χ3v) is 4.08. The standard InChI is InChI=1S/C14H24N2O5S/c1-10(2)7-11(14(19)20)15-12(17)8-22-9-13(18)16-3-5-21-6-4-16/h10-11H,3-9H2,1-2H3,(H,15,17)(H,19,20)/t11-/m0/s1. The Morgan fingerprint density at radius 2 is 1.86 bits per heavy atom. The summed E-state index contributed by atoms with van der Waals surface area (Å²) in [6.07, 6.45) is 0.387. The molecular weight excluding hydrogens is 308 g/mol. The molecule has 0 aromatic heterocycles. The van der Waals surface area contributed by atoms with E-state index in [4.69, 9.17) is 9.84 Å². The third kappa shape index (κ3) is 7.13. The highest BCUT2D eigenvalue weighted by Crippen LogP contribution is 2.07. The van der Waals surface area contributed by atoms with Gasteiger partial charge in [-0.25, -0.2) is 4.79 Å². The Hall–Kier alpha value is -1.28. The van der Waals surface area contributed by atoms with E-state index in [1.165, 1.54) is 11.8 Å². The van der Waals surface area contributed by atoms with Crippen LogP contribution in [0.15, 0.2) is 0 Å². The Morgan fingerprint density at radius 3 is 2.41 bits per heavy atom. The second-order valence-electron chi connectivity index (χ2n) is 5.57. The molecule has 0 aromatic rings. The minimum absolute atomic E-state index is 0.0157. The van der Waals surface area contributed by atoms with Gasteiger partial charge in [-0.1, -0.05) is 13.8 Å². The number of nitrogens with zero attached hydrogens (tertiary/aromatic N) is 1. The van der Waals surface area contributed by atoms with Gasteiger partial charge in [0.05, 0.1) is 24.7 Å². The van der Waals surface area contributed by atoms with Gasteiger partial charge < -0.3 is 20.1 Å². The van der Waals surface area contributed by atoms with Crippen LogP contribution in [-0.4, -0.2) is 71.6 Å². The third-order valence-electron chi connectivity index (χ3n) is 3.16. The number of hydrogen-bond donors (Lipinski definition) is 2. The maximum Gasteiger partial charge on any atom is 0.326 e. The molecule has 1 aliphatic rings. The SMILES string of the molecule is CC(C)C[C@H](NC(=O)CSCC(=O)N1CCOCC1)C(=O)O. The van der Waals surface area contributed by atoms with Crippen LogP contribution >= 0.6 is 11.8 Å². The smallest absolute Gasteiger partial charge is 0.326 e. The Balaban J connectivity index is 2.26. The van der Waals surface area contributed by atoms with Crippen LogP contribution in [0.3, 0.4) is 0 Å². The maximum absolute atomic E-state index is 11.9. The van der Waals surface area contributed by atoms with Crippen LogP contribution in [0.2, 0.25) is 0 Å². The van der Waals surface area contributed by atoms with Gasteiger partial charge in [-0.05, 0) is 12.3 Å². The Morgan fingerprint density at radius 1 is 1.23 bits per heavy atom. The normalized spacial score (nSPS) is 16.4. The highest BCUT2D eigenvalue weighted by molar-refractivity contribution is 8.00. The molecule has 22 heavy (non-hydrogen) atoms. The van der Waals surface area contributed by atoms with Crippen LogP contribution in [0.1, 0.15) is 20.3 Å². The molecule has 0 aliphatic carbocycles. The van der Waals surface area contributed by atoms with Crippen molar-refractivity contribution >= 4 is 29.5 Å². The molecule has 1 rings (SSSR count). The summed E-state index contributed by atoms with van der Waals surface area (Å²) in [6.45, 7) is 6.07. The van der Waals surface area contributed by atoms with Crippen LogP contribution in [0.25, 0.3) is 0 Å². The molecule has 0 unspecified atom stereocenters. The first-order valence-electron chi connectivity index (χ1n) is 7.35. The van der Waals surface area contributed by atoms with Crippen molar-refractivity contribution in [2.45, 2.75) is 26.3 Å². The van der Waals surface area contributed by atoms with Gasteiger partial charge in [-0.2, -0.15) is 0 Å². The summed E-state index contributed by atoms with van der Waals surface area (Å²) < 4.78 is 5.17. The number of aliphatic carboxylic acids is 1. The van der Waals surface area contributed by atoms with Crippen LogP contribution in [0, 0.1) is 5.92 Å². The average molecular weight is 332 g/mol. The summed E-state index contributed by atoms with van der Waals surface area (Å²) in [5.41, 5.74) is 0. The molecule has 2 amide bonds. The molecule has 8 heteroatoms. The number of rotatable bonds is 8. The van der Waals surface area contributed by atoms with Crippen molar-refractivity contribution in [3.63, 3.8) is 0 Å². The monoisotopic (exact) mass is 332 g/mol. The Labute approximate surface area is 134 Å². The van der Waals surface area contributed by atoms with Crippen molar-refractivity contribution in [3.8, 4) is 0 Å². The highest BCUT2D eigenvalue weighted by atomic mass is 32.2. The summed E-state index contributed by atoms with van der Waals surface area (Å²) in [5.74, 6) is -0.924. The van der Waals surface area contributed by atoms with Gasteiger partial charge in [0.2, 0.25) is 11.8 Å². The van der Waals surface area contributed by atoms with Crippen molar-refractivity contribution in [1.29, 1.82) is 0 Å². The fraction of sp³-hybridized carbons (Fsp3) is 0.786. The van der Waals surface area contributed by atoms with Crippen LogP contribution in [0.5, 0.6) is 0 Å². The number of carboxylic acid groups (broad SMARTS) is 1. The second kappa shape index (κ2) is 9.68. The van der Waals surface area contributed by atoms with E-state index >= 15 is 0 Å². The number of morpholine rings is 1. The molecule has 1 saturated heterocycles. The van der Waals surface area contributed by atoms with E-state index in [0.29, 0.717) is 32.7 Å². The fourth-order valence-electron chi connectivity index (χ4n) is 2.06. The zero-order valence-corrected chi connectivity index (χ0v) is 13.9. The first kappa shape index (κ1) is 18.8. The van der Waals surface area contributed by atoms with Crippen LogP contribution in [-0.2, 0) is 19.1 Å². The number of nitrogens with one attached hydrogen (secondary N) is 1. The van der Waals surface area contributed by atoms with E-state index in [-0.39, 0.29) is 29.2 Å². The highest BCUT2D eigenvalue weighted by Gasteiger charge is 2.21. The Kier molecular flexibility index (Phi) is 8.26. The summed E-state index contributed by atoms with van der Waals surface area (Å²) in [7, 11) is 0. The van der Waals surface area contributed by atoms with E-state index < -0.39 is 12.0 Å². The lowest BCUT2D eigenvalue weighted by atomic mass is 10.0. The van der Waals surface area contributed by atoms with Crippen molar-refractivity contribution in [1.82, 2.24) is 10.2 Å². The van der Waals surface area contributed by atoms with Gasteiger partial charge in [0.25, 0.3) is 0 Å². The van der Waals surface area contributed by atoms with E-state index in [1.807, 2.05) is 13.8 Å². The predicted octanol–water partition coefficient (Wildman–Crippen LogP) is 0.194. The van der Waals surface area contributed by atoms with Crippen molar-refractivity contribution in [2.75, 3.05) is 37.8 Å². The molecule has 1 heterocycles. The molecule has 0 aromatic carbocycles. The van der Waals surface area contributed by atoms with E-state index in [2.05, 4.69) is 5.32 Å². The first-order valence-corrected chi connectivity index (χ1v) is 8.51. The van der Waals surface area contributed by atoms with Gasteiger partial charge in [-0.15, -0.1) is 11.8 Å². The lowest BCUT2D eigenvalue weighted by Crippen LogP contribution is -2.43. The molecule has 126 valence electrons. The summed E-state index contributed by atoms with van der Waals surface area (Å²) in [6, 6.07) is -0.872. The zero-order valence-electron chi connectivity index (χ0n) is 13.0. The number of carbonyl (C=O) groups excluding carboxylic acids is 2. The van der Waals surface area contributed by atoms with Gasteiger partial charge in [-0.3, -0.25) is 9.59 Å². The van der Waals surface area contributed by atoms with Crippen molar-refractivity contribution in [3.05, 3.63) is 0 Å². The second-order valence-corrected chi connectivity index (χ2v) is 6.56. The van der Waals surface area contributed by atoms with Crippen LogP contribution in [0.4, 0.5) is 0 Å². The lowest BCUT2D eigenvalue weighted by molar-refractivity contribution is -0.142. The van der Waals surface area contributed by atoms with Crippen molar-refractivity contribution in [2.24, 2.45) is 5.92 Å². The predicted molar refractivity (Wildman–Crippen MR) is 83.7 cm³/mol. The molecular formula is C14H24N2O5S. The number of ether oxygens (including phenoxy) is 1. The number of thioether (sulfide) groups is 1. The molecule has 0 radical (unpaired) electrons. The minimum Gasteiger partial charge on any atom is -0.480 e. The molecule has 2 N–H and O–H groups in total. The van der Waals surface area contributed by atoms with Gasteiger partial charge in [0.15, 0.2) is 0 Å². The van der Waals surface area contributed by atoms with Gasteiger partial charge in [0, 0.05) is 13.1 Å². The van der Waals surface area contributed by atoms with Gasteiger partial charge >= 0.3 is 5.97 Å². The molecule has 1 fully saturated rings. The molecule has 1 atom stereocenters. The van der Waals surface area contributed by atoms with Gasteiger partial charge in [0.1, 0.15) is 6.04 Å². The van der Waals surface area contributed by atoms with E-state index in [0.717, 1.165) is 0 Å². The van der Waals surface area contributed by atoms with Crippen LogP contribution < -0.4 is 5.32 Å². The lowest BCUT2D eigenvalue weighted by Gasteiger charge is -2.26. The largest absolute Gasteiger partial charge is 0.480 e. The number of hydrogen-bond acceptors (Lipinski definition) is 5. The molecule has 0 bridgehead atoms. The summed E-state index contributed by atoms with van der Waals surface area (Å²) >= 11 is 1.20. The zero-order chi connectivity index (χ0) is 16.5. The average Bonchev–Trinajstić information content (AvgIpc) is 2.46. The minimum atomic E-state index is -1.03. The van der Waals surface area contributed by atoms with E-state index in [9.17, 15) is 14.4 Å². The first-order chi connectivity index (χ1) is 10.4. The number of carboxylic acids is 1. The number of amides is 2. The fourth-order valence-corrected chi connectivity index (χ4v) is 2.79. The topological polar surface area (TPSA) is 95.9 Å². The number of carbonyl (C=O) groups is 3.